The lowest BCUT2D eigenvalue weighted by molar-refractivity contribution is 0.901. The van der Waals surface area contributed by atoms with Gasteiger partial charge in [-0.1, -0.05) is 23.7 Å². The number of nitrogens with two attached hydrogens (primary N) is 1. The third-order valence-corrected chi connectivity index (χ3v) is 2.40. The van der Waals surface area contributed by atoms with Gasteiger partial charge in [-0.2, -0.15) is 0 Å². The van der Waals surface area contributed by atoms with Gasteiger partial charge >= 0.3 is 5.69 Å². The lowest BCUT2D eigenvalue weighted by Crippen LogP contribution is -2.30. The fraction of sp³-hybridized carbons (Fsp3) is 0. The first kappa shape index (κ1) is 10.5. The van der Waals surface area contributed by atoms with Crippen molar-refractivity contribution >= 4 is 17.3 Å². The predicted octanol–water partition coefficient (Wildman–Crippen LogP) is 0.761. The zero-order valence-electron chi connectivity index (χ0n) is 8.11. The van der Waals surface area contributed by atoms with Gasteiger partial charge in [0.15, 0.2) is 0 Å². The average Bonchev–Trinajstić information content (AvgIpc) is 2.25. The molecule has 3 N–H and O–H groups in total. The molecule has 0 fully saturated rings. The number of anilines is 1. The van der Waals surface area contributed by atoms with Crippen molar-refractivity contribution in [1.82, 2.24) is 9.55 Å². The second kappa shape index (κ2) is 3.86. The Morgan fingerprint density at radius 3 is 2.62 bits per heavy atom. The predicted molar refractivity (Wildman–Crippen MR) is 62.1 cm³/mol. The fourth-order valence-corrected chi connectivity index (χ4v) is 1.54. The highest BCUT2D eigenvalue weighted by Crippen LogP contribution is 2.17. The third kappa shape index (κ3) is 1.72. The van der Waals surface area contributed by atoms with E-state index in [1.54, 1.807) is 24.3 Å². The van der Waals surface area contributed by atoms with Crippen LogP contribution in [-0.4, -0.2) is 9.55 Å². The van der Waals surface area contributed by atoms with Crippen LogP contribution in [0.4, 0.5) is 5.69 Å². The lowest BCUT2D eigenvalue weighted by Gasteiger charge is -2.07. The molecule has 6 heteroatoms. The van der Waals surface area contributed by atoms with E-state index < -0.39 is 11.2 Å². The SMILES string of the molecule is Nc1cn(-c2ccccc2Cl)c(=O)[nH]c1=O. The van der Waals surface area contributed by atoms with Crippen LogP contribution in [0.1, 0.15) is 0 Å². The summed E-state index contributed by atoms with van der Waals surface area (Å²) >= 11 is 5.93. The highest BCUT2D eigenvalue weighted by molar-refractivity contribution is 6.32. The Hall–Kier alpha value is -2.01. The molecule has 0 saturated carbocycles. The fourth-order valence-electron chi connectivity index (χ4n) is 1.31. The summed E-state index contributed by atoms with van der Waals surface area (Å²) in [7, 11) is 0. The van der Waals surface area contributed by atoms with Crippen molar-refractivity contribution in [2.45, 2.75) is 0 Å². The van der Waals surface area contributed by atoms with Crippen LogP contribution in [0.5, 0.6) is 0 Å². The number of halogens is 1. The van der Waals surface area contributed by atoms with Crippen molar-refractivity contribution in [2.24, 2.45) is 0 Å². The van der Waals surface area contributed by atoms with E-state index in [2.05, 4.69) is 4.98 Å². The van der Waals surface area contributed by atoms with Crippen LogP contribution in [-0.2, 0) is 0 Å². The van der Waals surface area contributed by atoms with Gasteiger partial charge in [0.25, 0.3) is 5.56 Å². The van der Waals surface area contributed by atoms with E-state index in [4.69, 9.17) is 17.3 Å². The number of hydrogen-bond acceptors (Lipinski definition) is 3. The van der Waals surface area contributed by atoms with E-state index in [9.17, 15) is 9.59 Å². The number of nitrogens with zero attached hydrogens (tertiary/aromatic N) is 1. The van der Waals surface area contributed by atoms with Gasteiger partial charge in [0, 0.05) is 6.20 Å². The van der Waals surface area contributed by atoms with E-state index in [0.717, 1.165) is 0 Å². The van der Waals surface area contributed by atoms with Gasteiger partial charge in [0.05, 0.1) is 10.7 Å². The molecule has 0 aliphatic carbocycles. The molecule has 0 atom stereocenters. The molecule has 16 heavy (non-hydrogen) atoms. The van der Waals surface area contributed by atoms with Gasteiger partial charge in [-0.25, -0.2) is 4.79 Å². The molecule has 0 aliphatic heterocycles. The first-order valence-electron chi connectivity index (χ1n) is 4.46. The number of nitrogen functional groups attached to an aromatic ring is 1. The summed E-state index contributed by atoms with van der Waals surface area (Å²) < 4.78 is 1.19. The highest BCUT2D eigenvalue weighted by Gasteiger charge is 2.06. The number of H-pyrrole nitrogens is 1. The van der Waals surface area contributed by atoms with E-state index in [1.165, 1.54) is 10.8 Å². The molecule has 0 radical (unpaired) electrons. The second-order valence-corrected chi connectivity index (χ2v) is 3.57. The Morgan fingerprint density at radius 2 is 1.94 bits per heavy atom. The number of benzene rings is 1. The minimum Gasteiger partial charge on any atom is -0.393 e. The Kier molecular flexibility index (Phi) is 2.54. The van der Waals surface area contributed by atoms with Gasteiger partial charge in [0.1, 0.15) is 5.69 Å². The second-order valence-electron chi connectivity index (χ2n) is 3.17. The molecule has 0 spiro atoms. The maximum absolute atomic E-state index is 11.5. The zero-order chi connectivity index (χ0) is 11.7. The van der Waals surface area contributed by atoms with Crippen LogP contribution in [0.25, 0.3) is 5.69 Å². The Bertz CT molecular complexity index is 645. The van der Waals surface area contributed by atoms with Gasteiger partial charge in [-0.05, 0) is 12.1 Å². The Labute approximate surface area is 95.1 Å². The van der Waals surface area contributed by atoms with Crippen molar-refractivity contribution in [3.63, 3.8) is 0 Å². The maximum Gasteiger partial charge on any atom is 0.333 e. The van der Waals surface area contributed by atoms with Crippen molar-refractivity contribution < 1.29 is 0 Å². The molecule has 0 aliphatic rings. The standard InChI is InChI=1S/C10H8ClN3O2/c11-6-3-1-2-4-8(6)14-5-7(12)9(15)13-10(14)16/h1-5H,12H2,(H,13,15,16). The van der Waals surface area contributed by atoms with Crippen LogP contribution in [0.3, 0.4) is 0 Å². The maximum atomic E-state index is 11.5. The van der Waals surface area contributed by atoms with E-state index in [1.807, 2.05) is 0 Å². The summed E-state index contributed by atoms with van der Waals surface area (Å²) in [6.07, 6.45) is 1.25. The molecule has 2 aromatic rings. The van der Waals surface area contributed by atoms with Crippen molar-refractivity contribution in [3.05, 3.63) is 56.3 Å². The number of para-hydroxylation sites is 1. The average molecular weight is 238 g/mol. The highest BCUT2D eigenvalue weighted by atomic mass is 35.5. The topological polar surface area (TPSA) is 80.9 Å². The molecule has 0 bridgehead atoms. The van der Waals surface area contributed by atoms with Gasteiger partial charge in [0.2, 0.25) is 0 Å². The molecule has 1 aromatic heterocycles. The van der Waals surface area contributed by atoms with Crippen LogP contribution in [0, 0.1) is 0 Å². The largest absolute Gasteiger partial charge is 0.393 e. The van der Waals surface area contributed by atoms with Crippen molar-refractivity contribution in [1.29, 1.82) is 0 Å². The summed E-state index contributed by atoms with van der Waals surface area (Å²) in [6.45, 7) is 0. The molecule has 5 nitrogen and oxygen atoms in total. The molecule has 0 unspecified atom stereocenters. The van der Waals surface area contributed by atoms with E-state index in [0.29, 0.717) is 10.7 Å². The van der Waals surface area contributed by atoms with E-state index >= 15 is 0 Å². The van der Waals surface area contributed by atoms with Crippen LogP contribution in [0.15, 0.2) is 40.1 Å². The zero-order valence-corrected chi connectivity index (χ0v) is 8.86. The number of aromatic amines is 1. The molecular weight excluding hydrogens is 230 g/mol. The summed E-state index contributed by atoms with van der Waals surface area (Å²) in [5.74, 6) is 0. The van der Waals surface area contributed by atoms with Gasteiger partial charge in [-0.3, -0.25) is 14.3 Å². The van der Waals surface area contributed by atoms with Gasteiger partial charge < -0.3 is 5.73 Å². The quantitative estimate of drug-likeness (QED) is 0.768. The summed E-state index contributed by atoms with van der Waals surface area (Å²) in [4.78, 5) is 24.7. The normalized spacial score (nSPS) is 10.3. The number of rotatable bonds is 1. The minimum atomic E-state index is -0.603. The molecule has 1 heterocycles. The lowest BCUT2D eigenvalue weighted by atomic mass is 10.3. The number of hydrogen-bond donors (Lipinski definition) is 2. The minimum absolute atomic E-state index is 0.0421. The molecule has 82 valence electrons. The van der Waals surface area contributed by atoms with Crippen LogP contribution < -0.4 is 17.0 Å². The molecule has 0 saturated heterocycles. The van der Waals surface area contributed by atoms with Crippen molar-refractivity contribution in [3.8, 4) is 5.69 Å². The van der Waals surface area contributed by atoms with Crippen LogP contribution in [0.2, 0.25) is 5.02 Å². The first-order chi connectivity index (χ1) is 7.59. The molecule has 1 aromatic carbocycles. The molecule has 2 rings (SSSR count). The van der Waals surface area contributed by atoms with Crippen LogP contribution >= 0.6 is 11.6 Å². The van der Waals surface area contributed by atoms with Gasteiger partial charge in [-0.15, -0.1) is 0 Å². The third-order valence-electron chi connectivity index (χ3n) is 2.08. The van der Waals surface area contributed by atoms with E-state index in [-0.39, 0.29) is 5.69 Å². The molecular formula is C10H8ClN3O2. The summed E-state index contributed by atoms with van der Waals surface area (Å²) in [6, 6.07) is 6.77. The smallest absolute Gasteiger partial charge is 0.333 e. The summed E-state index contributed by atoms with van der Waals surface area (Å²) in [5.41, 5.74) is 4.68. The summed E-state index contributed by atoms with van der Waals surface area (Å²) in [5, 5.41) is 0.399. The number of nitrogens with one attached hydrogen (secondary N) is 1. The Balaban J connectivity index is 2.75. The monoisotopic (exact) mass is 237 g/mol. The first-order valence-corrected chi connectivity index (χ1v) is 4.84. The Morgan fingerprint density at radius 1 is 1.25 bits per heavy atom. The number of aromatic nitrogens is 2. The molecule has 0 amide bonds. The van der Waals surface area contributed by atoms with Crippen molar-refractivity contribution in [2.75, 3.05) is 5.73 Å².